The van der Waals surface area contributed by atoms with Crippen LogP contribution >= 0.6 is 31.9 Å². The van der Waals surface area contributed by atoms with Crippen LogP contribution < -0.4 is 5.46 Å². The molecule has 0 bridgehead atoms. The molecule has 0 atom stereocenters. The first-order valence-electron chi connectivity index (χ1n) is 17.8. The Morgan fingerprint density at radius 3 is 1.45 bits per heavy atom. The maximum atomic E-state index is 13.9. The molecule has 1 aliphatic heterocycles. The monoisotopic (exact) mass is 953 g/mol. The molecule has 0 radical (unpaired) electrons. The topological polar surface area (TPSA) is 156 Å². The van der Waals surface area contributed by atoms with Gasteiger partial charge in [0.05, 0.1) is 51.5 Å². The standard InChI is InChI=1S/C15H12F2N2O.C13H15BFNO2.C8H9BrFNO.C7H3BrFN/c1-15(2,20)14-11(7-19-8-13(14)17)9-3-4-10(6-18)12(16)5-9;1-12(2)13(3,4)18-14(17-12)10-6-5-9(8-16)11(15)7-10;1-8(2,12)7-5(9)3-11-4-6(7)10;8-6-2-1-5(4-10)7(9)3-6/h3-5,7-8,20H,1-2H3;5-7H,1-4H3;3-4,12H,1-2H3;1-3H. The fraction of sp³-hybridized carbons (Fsp3) is 0.279. The summed E-state index contributed by atoms with van der Waals surface area (Å²) in [5.74, 6) is -2.91. The minimum Gasteiger partial charge on any atom is -0.399 e. The molecule has 0 saturated carbocycles. The molecular weight excluding hydrogens is 916 g/mol. The molecular formula is C43H39BBr2F5N5O4. The zero-order valence-electron chi connectivity index (χ0n) is 33.7. The Morgan fingerprint density at radius 2 is 1.03 bits per heavy atom. The van der Waals surface area contributed by atoms with Crippen molar-refractivity contribution in [1.29, 1.82) is 15.8 Å². The van der Waals surface area contributed by atoms with Crippen molar-refractivity contribution >= 4 is 44.4 Å². The maximum absolute atomic E-state index is 13.9. The zero-order chi connectivity index (χ0) is 45.4. The fourth-order valence-electron chi connectivity index (χ4n) is 5.37. The van der Waals surface area contributed by atoms with E-state index in [4.69, 9.17) is 25.1 Å². The molecule has 312 valence electrons. The summed E-state index contributed by atoms with van der Waals surface area (Å²) < 4.78 is 79.6. The van der Waals surface area contributed by atoms with E-state index in [-0.39, 0.29) is 27.8 Å². The summed E-state index contributed by atoms with van der Waals surface area (Å²) in [5, 5.41) is 45.3. The third-order valence-corrected chi connectivity index (χ3v) is 10.2. The molecule has 3 aromatic carbocycles. The second-order valence-electron chi connectivity index (χ2n) is 15.1. The van der Waals surface area contributed by atoms with Gasteiger partial charge in [0.15, 0.2) is 0 Å². The number of pyridine rings is 2. The smallest absolute Gasteiger partial charge is 0.399 e. The Morgan fingerprint density at radius 1 is 0.600 bits per heavy atom. The molecule has 0 spiro atoms. The minimum atomic E-state index is -1.44. The van der Waals surface area contributed by atoms with Gasteiger partial charge in [0, 0.05) is 38.0 Å². The highest BCUT2D eigenvalue weighted by atomic mass is 79.9. The first kappa shape index (κ1) is 49.3. The highest BCUT2D eigenvalue weighted by Crippen LogP contribution is 2.37. The number of nitrogens with zero attached hydrogens (tertiary/aromatic N) is 5. The summed E-state index contributed by atoms with van der Waals surface area (Å²) in [4.78, 5) is 7.36. The molecule has 60 heavy (non-hydrogen) atoms. The van der Waals surface area contributed by atoms with Crippen LogP contribution in [0.2, 0.25) is 0 Å². The molecule has 0 aliphatic carbocycles. The normalized spacial score (nSPS) is 13.8. The zero-order valence-corrected chi connectivity index (χ0v) is 36.8. The van der Waals surface area contributed by atoms with Gasteiger partial charge in [-0.3, -0.25) is 9.97 Å². The molecule has 9 nitrogen and oxygen atoms in total. The Hall–Kier alpha value is -5.06. The summed E-state index contributed by atoms with van der Waals surface area (Å²) in [6.45, 7) is 13.7. The van der Waals surface area contributed by atoms with Crippen molar-refractivity contribution in [3.8, 4) is 29.3 Å². The average molecular weight is 955 g/mol. The van der Waals surface area contributed by atoms with Gasteiger partial charge in [-0.05, 0) is 125 Å². The second-order valence-corrected chi connectivity index (χ2v) is 16.9. The summed E-state index contributed by atoms with van der Waals surface area (Å²) in [7, 11) is -0.600. The number of halogens is 7. The van der Waals surface area contributed by atoms with E-state index in [0.29, 0.717) is 25.5 Å². The quantitative estimate of drug-likeness (QED) is 0.132. The predicted molar refractivity (Wildman–Crippen MR) is 222 cm³/mol. The summed E-state index contributed by atoms with van der Waals surface area (Å²) in [5.41, 5.74) is -2.03. The van der Waals surface area contributed by atoms with E-state index < -0.39 is 58.6 Å². The van der Waals surface area contributed by atoms with E-state index in [1.807, 2.05) is 27.7 Å². The Kier molecular flexibility index (Phi) is 16.4. The molecule has 2 aromatic heterocycles. The number of rotatable bonds is 4. The van der Waals surface area contributed by atoms with Gasteiger partial charge >= 0.3 is 7.12 Å². The lowest BCUT2D eigenvalue weighted by Gasteiger charge is -2.32. The second kappa shape index (κ2) is 20.0. The van der Waals surface area contributed by atoms with Crippen LogP contribution in [0, 0.1) is 63.1 Å². The number of hydrogen-bond donors (Lipinski definition) is 2. The maximum Gasteiger partial charge on any atom is 0.494 e. The third kappa shape index (κ3) is 12.5. The van der Waals surface area contributed by atoms with Gasteiger partial charge < -0.3 is 19.5 Å². The van der Waals surface area contributed by atoms with Gasteiger partial charge in [-0.15, -0.1) is 0 Å². The van der Waals surface area contributed by atoms with Crippen LogP contribution in [0.1, 0.15) is 83.2 Å². The number of aromatic nitrogens is 2. The van der Waals surface area contributed by atoms with Gasteiger partial charge in [0.2, 0.25) is 0 Å². The fourth-order valence-corrected chi connectivity index (χ4v) is 6.50. The Balaban J connectivity index is 0.000000221. The molecule has 1 aliphatic rings. The van der Waals surface area contributed by atoms with Crippen molar-refractivity contribution in [3.63, 3.8) is 0 Å². The minimum absolute atomic E-state index is 0.0234. The van der Waals surface area contributed by atoms with E-state index in [0.717, 1.165) is 18.5 Å². The van der Waals surface area contributed by atoms with E-state index >= 15 is 0 Å². The molecule has 17 heteroatoms. The molecule has 0 amide bonds. The number of hydrogen-bond acceptors (Lipinski definition) is 9. The lowest BCUT2D eigenvalue weighted by atomic mass is 9.79. The summed E-state index contributed by atoms with van der Waals surface area (Å²) in [6, 6.07) is 17.9. The molecule has 1 saturated heterocycles. The first-order chi connectivity index (χ1) is 27.8. The lowest BCUT2D eigenvalue weighted by Crippen LogP contribution is -2.41. The predicted octanol–water partition coefficient (Wildman–Crippen LogP) is 9.79. The highest BCUT2D eigenvalue weighted by Gasteiger charge is 2.51. The molecule has 3 heterocycles. The number of nitriles is 3. The van der Waals surface area contributed by atoms with Crippen LogP contribution in [0.3, 0.4) is 0 Å². The summed E-state index contributed by atoms with van der Waals surface area (Å²) >= 11 is 6.20. The van der Waals surface area contributed by atoms with E-state index in [1.54, 1.807) is 30.3 Å². The van der Waals surface area contributed by atoms with Crippen LogP contribution in [0.5, 0.6) is 0 Å². The van der Waals surface area contributed by atoms with E-state index in [2.05, 4.69) is 41.8 Å². The number of aliphatic hydroxyl groups is 2. The van der Waals surface area contributed by atoms with Gasteiger partial charge in [-0.2, -0.15) is 15.8 Å². The van der Waals surface area contributed by atoms with Crippen LogP contribution in [-0.4, -0.2) is 38.5 Å². The lowest BCUT2D eigenvalue weighted by molar-refractivity contribution is 0.00578. The van der Waals surface area contributed by atoms with Crippen LogP contribution in [0.4, 0.5) is 22.0 Å². The molecule has 1 fully saturated rings. The summed E-state index contributed by atoms with van der Waals surface area (Å²) in [6.07, 6.45) is 4.89. The van der Waals surface area contributed by atoms with Gasteiger partial charge in [-0.1, -0.05) is 28.1 Å². The van der Waals surface area contributed by atoms with Crippen molar-refractivity contribution in [1.82, 2.24) is 9.97 Å². The SMILES string of the molecule is CC(C)(O)c1c(F)cncc1-c1ccc(C#N)c(F)c1.CC(C)(O)c1c(F)cncc1Br.CC1(C)OB(c2ccc(C#N)c(F)c2)OC1(C)C.N#Cc1ccc(Br)cc1F. The Labute approximate surface area is 362 Å². The number of benzene rings is 3. The van der Waals surface area contributed by atoms with Crippen molar-refractivity contribution in [2.75, 3.05) is 0 Å². The average Bonchev–Trinajstić information content (AvgIpc) is 3.37. The van der Waals surface area contributed by atoms with Crippen LogP contribution in [-0.2, 0) is 20.5 Å². The van der Waals surface area contributed by atoms with Crippen molar-refractivity contribution < 1.29 is 41.5 Å². The van der Waals surface area contributed by atoms with E-state index in [9.17, 15) is 32.2 Å². The van der Waals surface area contributed by atoms with Gasteiger partial charge in [0.25, 0.3) is 0 Å². The van der Waals surface area contributed by atoms with Crippen LogP contribution in [0.25, 0.3) is 11.1 Å². The largest absolute Gasteiger partial charge is 0.494 e. The van der Waals surface area contributed by atoms with Gasteiger partial charge in [-0.25, -0.2) is 22.0 Å². The van der Waals surface area contributed by atoms with Gasteiger partial charge in [0.1, 0.15) is 47.3 Å². The molecule has 0 unspecified atom stereocenters. The Bertz CT molecular complexity index is 2440. The van der Waals surface area contributed by atoms with Crippen molar-refractivity contribution in [2.45, 2.75) is 77.8 Å². The van der Waals surface area contributed by atoms with Crippen LogP contribution in [0.15, 0.2) is 88.3 Å². The van der Waals surface area contributed by atoms with E-state index in [1.165, 1.54) is 76.5 Å². The van der Waals surface area contributed by atoms with Crippen molar-refractivity contribution in [3.05, 3.63) is 145 Å². The van der Waals surface area contributed by atoms with Crippen molar-refractivity contribution in [2.24, 2.45) is 0 Å². The highest BCUT2D eigenvalue weighted by molar-refractivity contribution is 9.10. The third-order valence-electron chi connectivity index (χ3n) is 9.07. The molecule has 2 N–H and O–H groups in total. The first-order valence-corrected chi connectivity index (χ1v) is 19.3. The molecule has 6 rings (SSSR count). The molecule has 5 aromatic rings.